The van der Waals surface area contributed by atoms with Crippen LogP contribution in [0.4, 0.5) is 5.69 Å². The summed E-state index contributed by atoms with van der Waals surface area (Å²) in [5.74, 6) is -0.0244. The average molecular weight is 172 g/mol. The van der Waals surface area contributed by atoms with Gasteiger partial charge in [-0.25, -0.2) is 0 Å². The lowest BCUT2D eigenvalue weighted by atomic mass is 10.1. The van der Waals surface area contributed by atoms with Gasteiger partial charge in [0, 0.05) is 12.6 Å². The van der Waals surface area contributed by atoms with Crippen LogP contribution in [0.25, 0.3) is 0 Å². The minimum Gasteiger partial charge on any atom is -0.347 e. The molecule has 0 bridgehead atoms. The van der Waals surface area contributed by atoms with Crippen LogP contribution in [-0.2, 0) is 4.79 Å². The molecule has 0 N–H and O–H groups in total. The average Bonchev–Trinajstić information content (AvgIpc) is 2.41. The van der Waals surface area contributed by atoms with E-state index in [4.69, 9.17) is 0 Å². The molecule has 1 aliphatic rings. The summed E-state index contributed by atoms with van der Waals surface area (Å²) in [6.45, 7) is 0. The molecule has 1 amide bonds. The highest BCUT2D eigenvalue weighted by Gasteiger charge is 2.29. The van der Waals surface area contributed by atoms with E-state index in [0.29, 0.717) is 5.71 Å². The summed E-state index contributed by atoms with van der Waals surface area (Å²) in [5, 5.41) is 0. The Kier molecular flexibility index (Phi) is 1.69. The lowest BCUT2D eigenvalue weighted by Crippen LogP contribution is -2.25. The van der Waals surface area contributed by atoms with Crippen molar-refractivity contribution in [1.29, 1.82) is 0 Å². The van der Waals surface area contributed by atoms with E-state index in [-0.39, 0.29) is 5.91 Å². The topological polar surface area (TPSA) is 32.7 Å². The van der Waals surface area contributed by atoms with Gasteiger partial charge in [-0.2, -0.15) is 0 Å². The number of rotatable bonds is 0. The van der Waals surface area contributed by atoms with Crippen molar-refractivity contribution < 1.29 is 4.79 Å². The smallest absolute Gasteiger partial charge is 0.275 e. The zero-order chi connectivity index (χ0) is 9.42. The molecule has 4 heteroatoms. The predicted octanol–water partition coefficient (Wildman–Crippen LogP) is 0.000200. The molecule has 0 unspecified atom stereocenters. The first-order valence-electron chi connectivity index (χ1n) is 4.10. The van der Waals surface area contributed by atoms with Gasteiger partial charge in [0.1, 0.15) is 5.71 Å². The predicted molar refractivity (Wildman–Crippen MR) is 54.9 cm³/mol. The minimum atomic E-state index is -0.0244. The molecule has 0 saturated heterocycles. The highest BCUT2D eigenvalue weighted by molar-refractivity contribution is 6.56. The third-order valence-electron chi connectivity index (χ3n) is 2.25. The van der Waals surface area contributed by atoms with Crippen molar-refractivity contribution in [3.05, 3.63) is 29.8 Å². The molecule has 2 rings (SSSR count). The molecule has 0 spiro atoms. The third-order valence-corrected chi connectivity index (χ3v) is 2.25. The maximum absolute atomic E-state index is 11.6. The van der Waals surface area contributed by atoms with Gasteiger partial charge >= 0.3 is 0 Å². The van der Waals surface area contributed by atoms with Crippen LogP contribution >= 0.6 is 0 Å². The maximum Gasteiger partial charge on any atom is 0.275 e. The first-order valence-corrected chi connectivity index (χ1v) is 4.10. The largest absolute Gasteiger partial charge is 0.347 e. The van der Waals surface area contributed by atoms with E-state index in [1.54, 1.807) is 19.9 Å². The summed E-state index contributed by atoms with van der Waals surface area (Å²) in [7, 11) is 3.41. The number of carbonyl (C=O) groups excluding carboxylic acids is 1. The first kappa shape index (κ1) is 8.04. The fraction of sp³-hybridized carbons (Fsp3) is 0.111. The van der Waals surface area contributed by atoms with Crippen LogP contribution in [0.2, 0.25) is 0 Å². The molecule has 0 aliphatic carbocycles. The van der Waals surface area contributed by atoms with Gasteiger partial charge in [0.2, 0.25) is 7.98 Å². The standard InChI is InChI=1S/C9H9BN2O/c1-12-7-5-3-2-4-6(7)8(11-10)9(12)13/h2-5H,10H2,1H3. The third kappa shape index (κ3) is 0.984. The summed E-state index contributed by atoms with van der Waals surface area (Å²) in [4.78, 5) is 17.2. The Morgan fingerprint density at radius 3 is 2.77 bits per heavy atom. The molecule has 1 aromatic rings. The molecule has 1 aromatic carbocycles. The Hall–Kier alpha value is -1.58. The second-order valence-corrected chi connectivity index (χ2v) is 2.95. The SMILES string of the molecule is BN=C1C(=O)N(C)c2ccccc21. The van der Waals surface area contributed by atoms with Gasteiger partial charge in [-0.3, -0.25) is 4.79 Å². The van der Waals surface area contributed by atoms with Gasteiger partial charge in [-0.1, -0.05) is 18.2 Å². The van der Waals surface area contributed by atoms with Crippen molar-refractivity contribution >= 4 is 25.3 Å². The number of amides is 1. The molecule has 0 saturated carbocycles. The van der Waals surface area contributed by atoms with E-state index < -0.39 is 0 Å². The fourth-order valence-electron chi connectivity index (χ4n) is 1.57. The van der Waals surface area contributed by atoms with Crippen LogP contribution in [0.15, 0.2) is 29.2 Å². The highest BCUT2D eigenvalue weighted by Crippen LogP contribution is 2.26. The van der Waals surface area contributed by atoms with Gasteiger partial charge in [-0.15, -0.1) is 0 Å². The molecule has 1 heterocycles. The number of nitrogens with zero attached hydrogens (tertiary/aromatic N) is 2. The van der Waals surface area contributed by atoms with E-state index >= 15 is 0 Å². The van der Waals surface area contributed by atoms with Gasteiger partial charge < -0.3 is 9.80 Å². The molecule has 0 atom stereocenters. The Morgan fingerprint density at radius 1 is 1.38 bits per heavy atom. The lowest BCUT2D eigenvalue weighted by molar-refractivity contribution is -0.111. The first-order chi connectivity index (χ1) is 6.25. The Labute approximate surface area is 77.5 Å². The van der Waals surface area contributed by atoms with Crippen molar-refractivity contribution in [2.45, 2.75) is 0 Å². The number of carbonyl (C=O) groups is 1. The molecule has 64 valence electrons. The second-order valence-electron chi connectivity index (χ2n) is 2.95. The van der Waals surface area contributed by atoms with E-state index in [1.807, 2.05) is 24.3 Å². The zero-order valence-corrected chi connectivity index (χ0v) is 7.61. The quantitative estimate of drug-likeness (QED) is 0.507. The summed E-state index contributed by atoms with van der Waals surface area (Å²) < 4.78 is 0. The van der Waals surface area contributed by atoms with Gasteiger partial charge in [0.05, 0.1) is 5.69 Å². The van der Waals surface area contributed by atoms with Crippen molar-refractivity contribution in [2.75, 3.05) is 11.9 Å². The summed E-state index contributed by atoms with van der Waals surface area (Å²) in [6, 6.07) is 7.67. The van der Waals surface area contributed by atoms with E-state index in [2.05, 4.69) is 4.90 Å². The van der Waals surface area contributed by atoms with Crippen molar-refractivity contribution in [2.24, 2.45) is 4.90 Å². The number of likely N-dealkylation sites (N-methyl/N-ethyl adjacent to an activating group) is 1. The number of para-hydroxylation sites is 1. The van der Waals surface area contributed by atoms with Crippen molar-refractivity contribution in [3.63, 3.8) is 0 Å². The van der Waals surface area contributed by atoms with Gasteiger partial charge in [-0.05, 0) is 6.07 Å². The number of hydrogen-bond acceptors (Lipinski definition) is 2. The molecule has 3 nitrogen and oxygen atoms in total. The van der Waals surface area contributed by atoms with Crippen molar-refractivity contribution in [1.82, 2.24) is 0 Å². The van der Waals surface area contributed by atoms with E-state index in [0.717, 1.165) is 11.3 Å². The molecule has 0 fully saturated rings. The van der Waals surface area contributed by atoms with E-state index in [9.17, 15) is 4.79 Å². The Bertz CT molecular complexity index is 400. The zero-order valence-electron chi connectivity index (χ0n) is 7.61. The van der Waals surface area contributed by atoms with Crippen LogP contribution in [0.5, 0.6) is 0 Å². The Morgan fingerprint density at radius 2 is 2.08 bits per heavy atom. The number of anilines is 1. The normalized spacial score (nSPS) is 18.1. The fourth-order valence-corrected chi connectivity index (χ4v) is 1.57. The molecule has 0 aromatic heterocycles. The summed E-state index contributed by atoms with van der Waals surface area (Å²) in [5.41, 5.74) is 2.42. The Balaban J connectivity index is 2.67. The number of benzene rings is 1. The highest BCUT2D eigenvalue weighted by atomic mass is 16.2. The molecular weight excluding hydrogens is 163 g/mol. The molecule has 1 aliphatic heterocycles. The molecule has 0 radical (unpaired) electrons. The van der Waals surface area contributed by atoms with Gasteiger partial charge in [0.25, 0.3) is 5.91 Å². The second kappa shape index (κ2) is 2.73. The summed E-state index contributed by atoms with van der Waals surface area (Å²) in [6.07, 6.45) is 0. The van der Waals surface area contributed by atoms with Crippen LogP contribution in [0.3, 0.4) is 0 Å². The van der Waals surface area contributed by atoms with Crippen LogP contribution in [0, 0.1) is 0 Å². The monoisotopic (exact) mass is 172 g/mol. The van der Waals surface area contributed by atoms with Crippen molar-refractivity contribution in [3.8, 4) is 0 Å². The number of hydrogen-bond donors (Lipinski definition) is 0. The lowest BCUT2D eigenvalue weighted by Gasteiger charge is -2.07. The van der Waals surface area contributed by atoms with Crippen LogP contribution in [0.1, 0.15) is 5.56 Å². The van der Waals surface area contributed by atoms with Crippen LogP contribution in [-0.4, -0.2) is 26.6 Å². The van der Waals surface area contributed by atoms with Gasteiger partial charge in [0.15, 0.2) is 0 Å². The molecule has 13 heavy (non-hydrogen) atoms. The maximum atomic E-state index is 11.6. The number of fused-ring (bicyclic) bond motifs is 1. The van der Waals surface area contributed by atoms with E-state index in [1.165, 1.54) is 0 Å². The molecular formula is C9H9BN2O. The minimum absolute atomic E-state index is 0.0244. The van der Waals surface area contributed by atoms with Crippen LogP contribution < -0.4 is 4.90 Å². The summed E-state index contributed by atoms with van der Waals surface area (Å²) >= 11 is 0.